The summed E-state index contributed by atoms with van der Waals surface area (Å²) in [7, 11) is 3.31. The normalized spacial score (nSPS) is 10.8. The Morgan fingerprint density at radius 1 is 1.05 bits per heavy atom. The largest absolute Gasteiger partial charge is 0.497 e. The van der Waals surface area contributed by atoms with E-state index < -0.39 is 0 Å². The zero-order valence-electron chi connectivity index (χ0n) is 12.1. The summed E-state index contributed by atoms with van der Waals surface area (Å²) in [6.07, 6.45) is 0. The first-order valence-corrected chi connectivity index (χ1v) is 6.98. The third kappa shape index (κ3) is 2.29. The first-order chi connectivity index (χ1) is 10.1. The molecule has 4 nitrogen and oxygen atoms in total. The summed E-state index contributed by atoms with van der Waals surface area (Å²) in [6.45, 7) is 2.05. The molecule has 108 valence electrons. The monoisotopic (exact) mass is 300 g/mol. The highest BCUT2D eigenvalue weighted by molar-refractivity contribution is 7.71. The Labute approximate surface area is 127 Å². The molecule has 0 aliphatic rings. The Hall–Kier alpha value is -2.27. The van der Waals surface area contributed by atoms with E-state index in [2.05, 4.69) is 11.1 Å². The summed E-state index contributed by atoms with van der Waals surface area (Å²) >= 11 is 5.48. The standard InChI is InChI=1S/C16H16N2O2S/c1-10-4-7-15(20-3)14(8-10)18-13-6-5-11(19-2)9-12(13)17-16(18)21/h4-9H,1-3H3,(H,17,21). The molecular formula is C16H16N2O2S. The highest BCUT2D eigenvalue weighted by Gasteiger charge is 2.12. The first kappa shape index (κ1) is 13.7. The average molecular weight is 300 g/mol. The van der Waals surface area contributed by atoms with Crippen molar-refractivity contribution in [1.29, 1.82) is 0 Å². The number of hydrogen-bond acceptors (Lipinski definition) is 3. The molecule has 0 bridgehead atoms. The van der Waals surface area contributed by atoms with E-state index in [4.69, 9.17) is 21.7 Å². The lowest BCUT2D eigenvalue weighted by molar-refractivity contribution is 0.413. The van der Waals surface area contributed by atoms with Crippen LogP contribution in [0.15, 0.2) is 36.4 Å². The molecule has 3 rings (SSSR count). The fourth-order valence-corrected chi connectivity index (χ4v) is 2.74. The molecule has 0 fully saturated rings. The molecule has 2 aromatic carbocycles. The summed E-state index contributed by atoms with van der Waals surface area (Å²) in [6, 6.07) is 11.9. The highest BCUT2D eigenvalue weighted by Crippen LogP contribution is 2.29. The number of rotatable bonds is 3. The lowest BCUT2D eigenvalue weighted by atomic mass is 10.2. The molecule has 0 saturated carbocycles. The number of hydrogen-bond donors (Lipinski definition) is 1. The molecule has 21 heavy (non-hydrogen) atoms. The second-order valence-electron chi connectivity index (χ2n) is 4.82. The molecule has 0 unspecified atom stereocenters. The summed E-state index contributed by atoms with van der Waals surface area (Å²) in [5.41, 5.74) is 4.00. The molecule has 0 atom stereocenters. The van der Waals surface area contributed by atoms with Crippen molar-refractivity contribution in [2.24, 2.45) is 0 Å². The summed E-state index contributed by atoms with van der Waals surface area (Å²) in [5, 5.41) is 0. The van der Waals surface area contributed by atoms with Crippen LogP contribution in [0.2, 0.25) is 0 Å². The molecule has 1 aromatic heterocycles. The van der Waals surface area contributed by atoms with E-state index in [-0.39, 0.29) is 0 Å². The van der Waals surface area contributed by atoms with E-state index in [0.717, 1.165) is 33.8 Å². The predicted molar refractivity (Wildman–Crippen MR) is 86.3 cm³/mol. The van der Waals surface area contributed by atoms with E-state index >= 15 is 0 Å². The second kappa shape index (κ2) is 5.26. The van der Waals surface area contributed by atoms with Gasteiger partial charge in [0.1, 0.15) is 11.5 Å². The molecule has 0 amide bonds. The average Bonchev–Trinajstić information content (AvgIpc) is 2.81. The highest BCUT2D eigenvalue weighted by atomic mass is 32.1. The van der Waals surface area contributed by atoms with Crippen LogP contribution in [0.1, 0.15) is 5.56 Å². The smallest absolute Gasteiger partial charge is 0.182 e. The van der Waals surface area contributed by atoms with Crippen molar-refractivity contribution in [1.82, 2.24) is 9.55 Å². The van der Waals surface area contributed by atoms with E-state index in [1.165, 1.54) is 0 Å². The quantitative estimate of drug-likeness (QED) is 0.743. The Balaban J connectivity index is 2.32. The van der Waals surface area contributed by atoms with Crippen LogP contribution in [-0.4, -0.2) is 23.8 Å². The Bertz CT molecular complexity index is 864. The molecule has 5 heteroatoms. The van der Waals surface area contributed by atoms with Crippen LogP contribution in [0.5, 0.6) is 11.5 Å². The summed E-state index contributed by atoms with van der Waals surface area (Å²) < 4.78 is 13.3. The van der Waals surface area contributed by atoms with Gasteiger partial charge in [0.2, 0.25) is 0 Å². The Kier molecular flexibility index (Phi) is 3.43. The summed E-state index contributed by atoms with van der Waals surface area (Å²) in [5.74, 6) is 1.58. The van der Waals surface area contributed by atoms with Crippen LogP contribution in [0, 0.1) is 11.7 Å². The van der Waals surface area contributed by atoms with Crippen molar-refractivity contribution in [3.05, 3.63) is 46.7 Å². The first-order valence-electron chi connectivity index (χ1n) is 6.58. The van der Waals surface area contributed by atoms with Crippen molar-refractivity contribution < 1.29 is 9.47 Å². The zero-order chi connectivity index (χ0) is 15.0. The second-order valence-corrected chi connectivity index (χ2v) is 5.21. The third-order valence-electron chi connectivity index (χ3n) is 3.46. The number of imidazole rings is 1. The Morgan fingerprint density at radius 2 is 1.86 bits per heavy atom. The molecular weight excluding hydrogens is 284 g/mol. The molecule has 0 aliphatic carbocycles. The van der Waals surface area contributed by atoms with Gasteiger partial charge in [0.15, 0.2) is 4.77 Å². The topological polar surface area (TPSA) is 39.2 Å². The number of benzene rings is 2. The van der Waals surface area contributed by atoms with Gasteiger partial charge in [-0.1, -0.05) is 6.07 Å². The van der Waals surface area contributed by atoms with Crippen molar-refractivity contribution in [2.45, 2.75) is 6.92 Å². The maximum atomic E-state index is 5.48. The minimum atomic E-state index is 0.627. The molecule has 0 saturated heterocycles. The van der Waals surface area contributed by atoms with Gasteiger partial charge >= 0.3 is 0 Å². The fourth-order valence-electron chi connectivity index (χ4n) is 2.43. The van der Waals surface area contributed by atoms with Gasteiger partial charge in [-0.15, -0.1) is 0 Å². The maximum Gasteiger partial charge on any atom is 0.182 e. The van der Waals surface area contributed by atoms with Gasteiger partial charge in [-0.25, -0.2) is 0 Å². The Morgan fingerprint density at radius 3 is 2.57 bits per heavy atom. The van der Waals surface area contributed by atoms with Gasteiger partial charge < -0.3 is 14.5 Å². The number of ether oxygens (including phenoxy) is 2. The van der Waals surface area contributed by atoms with Crippen molar-refractivity contribution in [3.63, 3.8) is 0 Å². The maximum absolute atomic E-state index is 5.48. The van der Waals surface area contributed by atoms with Crippen LogP contribution in [0.4, 0.5) is 0 Å². The van der Waals surface area contributed by atoms with E-state index in [1.807, 2.05) is 41.8 Å². The van der Waals surface area contributed by atoms with E-state index in [1.54, 1.807) is 14.2 Å². The van der Waals surface area contributed by atoms with E-state index in [9.17, 15) is 0 Å². The third-order valence-corrected chi connectivity index (χ3v) is 3.75. The lowest BCUT2D eigenvalue weighted by Gasteiger charge is -2.11. The van der Waals surface area contributed by atoms with Crippen LogP contribution in [0.25, 0.3) is 16.7 Å². The van der Waals surface area contributed by atoms with Crippen LogP contribution in [-0.2, 0) is 0 Å². The van der Waals surface area contributed by atoms with Gasteiger partial charge in [-0.05, 0) is 49.0 Å². The number of methoxy groups -OCH3 is 2. The van der Waals surface area contributed by atoms with Crippen molar-refractivity contribution in [3.8, 4) is 17.2 Å². The molecule has 3 aromatic rings. The minimum absolute atomic E-state index is 0.627. The molecule has 0 aliphatic heterocycles. The van der Waals surface area contributed by atoms with Gasteiger partial charge in [0, 0.05) is 6.07 Å². The number of aromatic nitrogens is 2. The lowest BCUT2D eigenvalue weighted by Crippen LogP contribution is -1.98. The van der Waals surface area contributed by atoms with Crippen LogP contribution >= 0.6 is 12.2 Å². The number of aromatic amines is 1. The van der Waals surface area contributed by atoms with Gasteiger partial charge in [0.25, 0.3) is 0 Å². The predicted octanol–water partition coefficient (Wildman–Crippen LogP) is 4.01. The number of H-pyrrole nitrogens is 1. The van der Waals surface area contributed by atoms with Gasteiger partial charge in [-0.3, -0.25) is 4.57 Å². The van der Waals surface area contributed by atoms with Gasteiger partial charge in [-0.2, -0.15) is 0 Å². The summed E-state index contributed by atoms with van der Waals surface area (Å²) in [4.78, 5) is 3.21. The number of fused-ring (bicyclic) bond motifs is 1. The number of aryl methyl sites for hydroxylation is 1. The molecule has 0 radical (unpaired) electrons. The minimum Gasteiger partial charge on any atom is -0.497 e. The molecule has 0 spiro atoms. The van der Waals surface area contributed by atoms with Crippen molar-refractivity contribution in [2.75, 3.05) is 14.2 Å². The van der Waals surface area contributed by atoms with Gasteiger partial charge in [0.05, 0.1) is 30.9 Å². The molecule has 1 N–H and O–H groups in total. The molecule has 1 heterocycles. The fraction of sp³-hybridized carbons (Fsp3) is 0.188. The van der Waals surface area contributed by atoms with E-state index in [0.29, 0.717) is 4.77 Å². The zero-order valence-corrected chi connectivity index (χ0v) is 13.0. The number of nitrogens with zero attached hydrogens (tertiary/aromatic N) is 1. The van der Waals surface area contributed by atoms with Crippen molar-refractivity contribution >= 4 is 23.3 Å². The SMILES string of the molecule is COc1ccc2c(c1)[nH]c(=S)n2-c1cc(C)ccc1OC. The van der Waals surface area contributed by atoms with Crippen LogP contribution < -0.4 is 9.47 Å². The van der Waals surface area contributed by atoms with Crippen LogP contribution in [0.3, 0.4) is 0 Å². The number of nitrogens with one attached hydrogen (secondary N) is 1.